The Morgan fingerprint density at radius 3 is 2.38 bits per heavy atom. The third-order valence-corrected chi connectivity index (χ3v) is 10.1. The van der Waals surface area contributed by atoms with E-state index < -0.39 is 36.9 Å². The number of phenols is 1. The monoisotopic (exact) mass is 576 g/mol. The fourth-order valence-electron chi connectivity index (χ4n) is 5.34. The van der Waals surface area contributed by atoms with Crippen LogP contribution in [0.1, 0.15) is 50.2 Å². The van der Waals surface area contributed by atoms with Crippen LogP contribution in [0, 0.1) is 12.3 Å². The molecule has 2 fully saturated rings. The highest BCUT2D eigenvalue weighted by Crippen LogP contribution is 2.43. The molecule has 11 nitrogen and oxygen atoms in total. The van der Waals surface area contributed by atoms with Gasteiger partial charge in [-0.15, -0.1) is 0 Å². The average Bonchev–Trinajstić information content (AvgIpc) is 3.49. The Morgan fingerprint density at radius 1 is 1.10 bits per heavy atom. The van der Waals surface area contributed by atoms with Crippen molar-refractivity contribution in [2.24, 2.45) is 5.41 Å². The van der Waals surface area contributed by atoms with Gasteiger partial charge in [0.15, 0.2) is 5.75 Å². The molecule has 0 aliphatic carbocycles. The summed E-state index contributed by atoms with van der Waals surface area (Å²) in [6, 6.07) is 5.81. The van der Waals surface area contributed by atoms with Crippen LogP contribution >= 0.6 is 11.6 Å². The molecule has 2 saturated heterocycles. The molecule has 2 aliphatic heterocycles. The molecule has 0 unspecified atom stereocenters. The fourth-order valence-corrected chi connectivity index (χ4v) is 7.38. The van der Waals surface area contributed by atoms with Crippen LogP contribution in [-0.2, 0) is 14.8 Å². The van der Waals surface area contributed by atoms with Crippen molar-refractivity contribution in [2.75, 3.05) is 30.3 Å². The van der Waals surface area contributed by atoms with Crippen molar-refractivity contribution in [1.29, 1.82) is 0 Å². The van der Waals surface area contributed by atoms with Gasteiger partial charge in [0.05, 0.1) is 22.2 Å². The largest absolute Gasteiger partial charge is 0.504 e. The number of piperidine rings is 1. The van der Waals surface area contributed by atoms with Crippen LogP contribution in [0.5, 0.6) is 5.75 Å². The van der Waals surface area contributed by atoms with Crippen molar-refractivity contribution in [3.05, 3.63) is 61.3 Å². The molecule has 0 radical (unpaired) electrons. The van der Waals surface area contributed by atoms with Crippen molar-refractivity contribution >= 4 is 44.6 Å². The maximum absolute atomic E-state index is 13.6. The second-order valence-corrected chi connectivity index (χ2v) is 12.3. The lowest BCUT2D eigenvalue weighted by molar-refractivity contribution is -0.129. The van der Waals surface area contributed by atoms with Gasteiger partial charge in [-0.05, 0) is 56.9 Å². The van der Waals surface area contributed by atoms with Crippen molar-refractivity contribution < 1.29 is 22.7 Å². The number of nitrogens with one attached hydrogen (secondary N) is 3. The second-order valence-electron chi connectivity index (χ2n) is 10.0. The van der Waals surface area contributed by atoms with Gasteiger partial charge >= 0.3 is 0 Å². The molecule has 0 bridgehead atoms. The zero-order valence-electron chi connectivity index (χ0n) is 21.5. The smallest absolute Gasteiger partial charge is 0.253 e. The van der Waals surface area contributed by atoms with Gasteiger partial charge in [0.2, 0.25) is 15.9 Å². The fraction of sp³-hybridized carbons (Fsp3) is 0.423. The molecule has 39 heavy (non-hydrogen) atoms. The maximum Gasteiger partial charge on any atom is 0.253 e. The summed E-state index contributed by atoms with van der Waals surface area (Å²) in [6.45, 7) is 4.45. The van der Waals surface area contributed by atoms with E-state index in [9.17, 15) is 27.9 Å². The number of sulfonamides is 1. The zero-order chi connectivity index (χ0) is 28.1. The Morgan fingerprint density at radius 2 is 1.79 bits per heavy atom. The van der Waals surface area contributed by atoms with E-state index in [1.54, 1.807) is 19.1 Å². The van der Waals surface area contributed by atoms with Gasteiger partial charge in [-0.25, -0.2) is 8.42 Å². The summed E-state index contributed by atoms with van der Waals surface area (Å²) < 4.78 is 34.0. The van der Waals surface area contributed by atoms with Gasteiger partial charge in [-0.3, -0.25) is 14.4 Å². The number of carbonyl (C=O) groups is 1. The molecule has 1 spiro atoms. The van der Waals surface area contributed by atoms with Crippen molar-refractivity contribution in [3.63, 3.8) is 0 Å². The Hall–Kier alpha value is -3.35. The van der Waals surface area contributed by atoms with Gasteiger partial charge in [-0.1, -0.05) is 18.5 Å². The van der Waals surface area contributed by atoms with Gasteiger partial charge < -0.3 is 25.5 Å². The van der Waals surface area contributed by atoms with Crippen LogP contribution in [0.2, 0.25) is 5.02 Å². The van der Waals surface area contributed by atoms with Crippen molar-refractivity contribution in [2.45, 2.75) is 50.5 Å². The van der Waals surface area contributed by atoms with E-state index in [-0.39, 0.29) is 47.1 Å². The van der Waals surface area contributed by atoms with Crippen LogP contribution in [0.15, 0.2) is 43.2 Å². The number of nitrogens with zero attached hydrogens (tertiary/aromatic N) is 1. The summed E-state index contributed by atoms with van der Waals surface area (Å²) in [5, 5.41) is 19.4. The Labute approximate surface area is 229 Å². The van der Waals surface area contributed by atoms with E-state index in [1.165, 1.54) is 16.4 Å². The number of furan rings is 1. The average molecular weight is 577 g/mol. The molecule has 13 heteroatoms. The quantitative estimate of drug-likeness (QED) is 0.233. The van der Waals surface area contributed by atoms with Crippen molar-refractivity contribution in [1.82, 2.24) is 9.62 Å². The van der Waals surface area contributed by atoms with Crippen molar-refractivity contribution in [3.8, 4) is 5.75 Å². The molecule has 3 aromatic rings. The SMILES string of the molecule is CC[C@@H](Nc1c(Nc2ccc(Cl)c(S(=O)(=O)N3CCC4(CCNC4=O)CC3)c2O)c(=O)c1=O)c1ccc(C)o1. The number of aromatic hydroxyl groups is 1. The molecule has 5 rings (SSSR count). The van der Waals surface area contributed by atoms with E-state index in [0.717, 1.165) is 0 Å². The third kappa shape index (κ3) is 4.60. The predicted molar refractivity (Wildman–Crippen MR) is 146 cm³/mol. The van der Waals surface area contributed by atoms with Crippen LogP contribution in [0.4, 0.5) is 17.1 Å². The number of hydrogen-bond acceptors (Lipinski definition) is 9. The number of aryl methyl sites for hydroxylation is 1. The molecular weight excluding hydrogens is 548 g/mol. The zero-order valence-corrected chi connectivity index (χ0v) is 23.0. The number of anilines is 3. The third-order valence-electron chi connectivity index (χ3n) is 7.73. The Bertz CT molecular complexity index is 1620. The number of phenolic OH excluding ortho intramolecular Hbond substituents is 1. The van der Waals surface area contributed by atoms with E-state index in [0.29, 0.717) is 43.7 Å². The highest BCUT2D eigenvalue weighted by Gasteiger charge is 2.47. The lowest BCUT2D eigenvalue weighted by Crippen LogP contribution is -2.46. The first-order chi connectivity index (χ1) is 18.5. The van der Waals surface area contributed by atoms with Crippen LogP contribution in [0.3, 0.4) is 0 Å². The van der Waals surface area contributed by atoms with Crippen LogP contribution in [-0.4, -0.2) is 43.4 Å². The van der Waals surface area contributed by atoms with Crippen LogP contribution < -0.4 is 26.8 Å². The topological polar surface area (TPSA) is 158 Å². The highest BCUT2D eigenvalue weighted by molar-refractivity contribution is 7.89. The van der Waals surface area contributed by atoms with Gasteiger partial charge in [0.1, 0.15) is 27.8 Å². The summed E-state index contributed by atoms with van der Waals surface area (Å²) in [5.41, 5.74) is -2.31. The summed E-state index contributed by atoms with van der Waals surface area (Å²) in [6.07, 6.45) is 1.93. The van der Waals surface area contributed by atoms with Gasteiger partial charge in [0.25, 0.3) is 10.9 Å². The van der Waals surface area contributed by atoms with E-state index in [2.05, 4.69) is 16.0 Å². The molecule has 1 atom stereocenters. The molecule has 0 saturated carbocycles. The molecule has 2 aliphatic rings. The van der Waals surface area contributed by atoms with E-state index in [4.69, 9.17) is 16.0 Å². The van der Waals surface area contributed by atoms with Gasteiger partial charge in [0, 0.05) is 19.6 Å². The molecule has 208 valence electrons. The number of hydrogen-bond donors (Lipinski definition) is 4. The lowest BCUT2D eigenvalue weighted by atomic mass is 9.78. The predicted octanol–water partition coefficient (Wildman–Crippen LogP) is 3.14. The van der Waals surface area contributed by atoms with E-state index in [1.807, 2.05) is 6.92 Å². The number of halogens is 1. The number of amides is 1. The standard InChI is InChI=1S/C26H29ClN4O7S/c1-3-16(18-7-4-14(2)38-18)29-19-20(23(34)22(19)33)30-17-6-5-15(27)24(21(17)32)39(36,37)31-12-9-26(10-13-31)8-11-28-25(26)35/h4-7,16,29-30,32H,3,8-13H2,1-2H3,(H,28,35)/t16-/m1/s1. The first-order valence-corrected chi connectivity index (χ1v) is 14.5. The minimum Gasteiger partial charge on any atom is -0.504 e. The minimum absolute atomic E-state index is 0.0100. The Balaban J connectivity index is 1.40. The van der Waals surface area contributed by atoms with Crippen LogP contribution in [0.25, 0.3) is 0 Å². The maximum atomic E-state index is 13.6. The molecule has 1 aromatic heterocycles. The highest BCUT2D eigenvalue weighted by atomic mass is 35.5. The number of benzene rings is 1. The molecular formula is C26H29ClN4O7S. The molecule has 3 heterocycles. The lowest BCUT2D eigenvalue weighted by Gasteiger charge is -2.36. The number of rotatable bonds is 8. The second kappa shape index (κ2) is 10.00. The summed E-state index contributed by atoms with van der Waals surface area (Å²) in [4.78, 5) is 36.6. The van der Waals surface area contributed by atoms with Gasteiger partial charge in [-0.2, -0.15) is 4.31 Å². The molecule has 2 aromatic carbocycles. The number of carbonyl (C=O) groups excluding carboxylic acids is 1. The molecule has 1 amide bonds. The summed E-state index contributed by atoms with van der Waals surface area (Å²) in [7, 11) is -4.24. The summed E-state index contributed by atoms with van der Waals surface area (Å²) >= 11 is 6.26. The minimum atomic E-state index is -4.24. The Kier molecular flexibility index (Phi) is 6.98. The molecule has 4 N–H and O–H groups in total. The van der Waals surface area contributed by atoms with E-state index >= 15 is 0 Å². The summed E-state index contributed by atoms with van der Waals surface area (Å²) in [5.74, 6) is 0.560. The first-order valence-electron chi connectivity index (χ1n) is 12.7. The first kappa shape index (κ1) is 27.2. The normalized spacial score (nSPS) is 18.4.